The van der Waals surface area contributed by atoms with Crippen LogP contribution in [0.15, 0.2) is 48.5 Å². The molecule has 116 valence electrons. The van der Waals surface area contributed by atoms with Gasteiger partial charge < -0.3 is 4.74 Å². The number of benzene rings is 2. The van der Waals surface area contributed by atoms with Gasteiger partial charge in [-0.05, 0) is 39.8 Å². The minimum Gasteiger partial charge on any atom is -0.457 e. The average molecular weight is 304 g/mol. The van der Waals surface area contributed by atoms with Gasteiger partial charge in [0, 0.05) is 11.1 Å². The number of hydrogen-bond donors (Lipinski definition) is 0. The second-order valence-electron chi connectivity index (χ2n) is 6.57. The molecule has 2 aromatic rings. The molecule has 0 bridgehead atoms. The van der Waals surface area contributed by atoms with Gasteiger partial charge in [-0.1, -0.05) is 36.4 Å². The van der Waals surface area contributed by atoms with Crippen LogP contribution >= 0.6 is 0 Å². The van der Waals surface area contributed by atoms with Gasteiger partial charge in [-0.15, -0.1) is 0 Å². The molecule has 3 heteroatoms. The molecule has 0 aliphatic rings. The molecule has 0 aromatic heterocycles. The Morgan fingerprint density at radius 2 is 1.04 bits per heavy atom. The molecule has 0 radical (unpaired) electrons. The van der Waals surface area contributed by atoms with Gasteiger partial charge in [-0.25, -0.2) is 0 Å². The predicted molar refractivity (Wildman–Crippen MR) is 90.2 cm³/mol. The van der Waals surface area contributed by atoms with E-state index in [1.807, 2.05) is 76.2 Å². The summed E-state index contributed by atoms with van der Waals surface area (Å²) in [5, 5.41) is 18.8. The van der Waals surface area contributed by atoms with E-state index in [4.69, 9.17) is 4.74 Å². The smallest absolute Gasteiger partial charge is 0.132 e. The summed E-state index contributed by atoms with van der Waals surface area (Å²) in [6.45, 7) is 7.45. The number of rotatable bonds is 4. The van der Waals surface area contributed by atoms with Crippen LogP contribution in [0.5, 0.6) is 11.5 Å². The zero-order chi connectivity index (χ0) is 17.1. The van der Waals surface area contributed by atoms with Crippen LogP contribution in [0.2, 0.25) is 0 Å². The topological polar surface area (TPSA) is 56.8 Å². The standard InChI is InChI=1S/C20H20N2O/c1-19(2,13-21)15-9-5-7-11-17(15)23-18-12-8-6-10-16(18)20(3,4)14-22/h5-12H,1-4H3. The van der Waals surface area contributed by atoms with Gasteiger partial charge >= 0.3 is 0 Å². The van der Waals surface area contributed by atoms with Crippen LogP contribution in [0, 0.1) is 22.7 Å². The molecule has 0 aliphatic heterocycles. The highest BCUT2D eigenvalue weighted by Gasteiger charge is 2.27. The van der Waals surface area contributed by atoms with Crippen molar-refractivity contribution in [2.24, 2.45) is 0 Å². The fourth-order valence-corrected chi connectivity index (χ4v) is 2.38. The van der Waals surface area contributed by atoms with E-state index in [0.29, 0.717) is 11.5 Å². The van der Waals surface area contributed by atoms with Gasteiger partial charge in [0.2, 0.25) is 0 Å². The summed E-state index contributed by atoms with van der Waals surface area (Å²) in [6.07, 6.45) is 0. The van der Waals surface area contributed by atoms with Crippen LogP contribution in [0.3, 0.4) is 0 Å². The van der Waals surface area contributed by atoms with E-state index in [-0.39, 0.29) is 0 Å². The molecule has 0 saturated carbocycles. The Hall–Kier alpha value is -2.78. The molecule has 0 fully saturated rings. The largest absolute Gasteiger partial charge is 0.457 e. The fraction of sp³-hybridized carbons (Fsp3) is 0.300. The summed E-state index contributed by atoms with van der Waals surface area (Å²) in [4.78, 5) is 0. The van der Waals surface area contributed by atoms with Crippen molar-refractivity contribution in [3.63, 3.8) is 0 Å². The van der Waals surface area contributed by atoms with Crippen molar-refractivity contribution in [2.45, 2.75) is 38.5 Å². The zero-order valence-corrected chi connectivity index (χ0v) is 13.9. The van der Waals surface area contributed by atoms with Crippen molar-refractivity contribution >= 4 is 0 Å². The van der Waals surface area contributed by atoms with Crippen LogP contribution in [0.1, 0.15) is 38.8 Å². The normalized spacial score (nSPS) is 11.4. The van der Waals surface area contributed by atoms with E-state index in [1.54, 1.807) is 0 Å². The third-order valence-corrected chi connectivity index (χ3v) is 3.90. The number of para-hydroxylation sites is 2. The quantitative estimate of drug-likeness (QED) is 0.791. The maximum Gasteiger partial charge on any atom is 0.132 e. The number of ether oxygens (including phenoxy) is 1. The summed E-state index contributed by atoms with van der Waals surface area (Å²) in [5.74, 6) is 1.28. The van der Waals surface area contributed by atoms with E-state index < -0.39 is 10.8 Å². The lowest BCUT2D eigenvalue weighted by molar-refractivity contribution is 0.451. The molecule has 3 nitrogen and oxygen atoms in total. The van der Waals surface area contributed by atoms with Crippen molar-refractivity contribution in [3.05, 3.63) is 59.7 Å². The molecule has 0 N–H and O–H groups in total. The molecule has 0 heterocycles. The Balaban J connectivity index is 2.52. The van der Waals surface area contributed by atoms with E-state index >= 15 is 0 Å². The van der Waals surface area contributed by atoms with E-state index in [0.717, 1.165) is 11.1 Å². The maximum atomic E-state index is 9.41. The Kier molecular flexibility index (Phi) is 4.43. The SMILES string of the molecule is CC(C)(C#N)c1ccccc1Oc1ccccc1C(C)(C)C#N. The third-order valence-electron chi connectivity index (χ3n) is 3.90. The van der Waals surface area contributed by atoms with E-state index in [9.17, 15) is 10.5 Å². The van der Waals surface area contributed by atoms with Crippen molar-refractivity contribution in [3.8, 4) is 23.6 Å². The zero-order valence-electron chi connectivity index (χ0n) is 13.9. The van der Waals surface area contributed by atoms with Crippen LogP contribution in [0.4, 0.5) is 0 Å². The Morgan fingerprint density at radius 1 is 0.696 bits per heavy atom. The highest BCUT2D eigenvalue weighted by atomic mass is 16.5. The maximum absolute atomic E-state index is 9.41. The lowest BCUT2D eigenvalue weighted by Gasteiger charge is -2.23. The Labute approximate surface area is 137 Å². The van der Waals surface area contributed by atoms with Gasteiger partial charge in [-0.3, -0.25) is 0 Å². The van der Waals surface area contributed by atoms with Crippen LogP contribution < -0.4 is 4.74 Å². The van der Waals surface area contributed by atoms with Gasteiger partial charge in [0.25, 0.3) is 0 Å². The molecule has 0 spiro atoms. The van der Waals surface area contributed by atoms with Crippen molar-refractivity contribution in [1.82, 2.24) is 0 Å². The first kappa shape index (κ1) is 16.6. The summed E-state index contributed by atoms with van der Waals surface area (Å²) in [7, 11) is 0. The number of nitrogens with zero attached hydrogens (tertiary/aromatic N) is 2. The second kappa shape index (κ2) is 6.15. The van der Waals surface area contributed by atoms with Crippen molar-refractivity contribution < 1.29 is 4.74 Å². The molecule has 2 rings (SSSR count). The predicted octanol–water partition coefficient (Wildman–Crippen LogP) is 5.08. The number of nitriles is 2. The third kappa shape index (κ3) is 3.35. The first-order valence-electron chi connectivity index (χ1n) is 7.51. The van der Waals surface area contributed by atoms with Gasteiger partial charge in [0.15, 0.2) is 0 Å². The van der Waals surface area contributed by atoms with Gasteiger partial charge in [0.1, 0.15) is 11.5 Å². The van der Waals surface area contributed by atoms with Gasteiger partial charge in [0.05, 0.1) is 23.0 Å². The first-order chi connectivity index (χ1) is 10.8. The van der Waals surface area contributed by atoms with Gasteiger partial charge in [-0.2, -0.15) is 10.5 Å². The highest BCUT2D eigenvalue weighted by molar-refractivity contribution is 5.48. The molecule has 0 unspecified atom stereocenters. The monoisotopic (exact) mass is 304 g/mol. The molecule has 0 aliphatic carbocycles. The number of hydrogen-bond acceptors (Lipinski definition) is 3. The van der Waals surface area contributed by atoms with Crippen molar-refractivity contribution in [1.29, 1.82) is 10.5 Å². The molecule has 0 atom stereocenters. The summed E-state index contributed by atoms with van der Waals surface area (Å²) in [5.41, 5.74) is 0.339. The van der Waals surface area contributed by atoms with Crippen LogP contribution in [-0.2, 0) is 10.8 Å². The lowest BCUT2D eigenvalue weighted by atomic mass is 9.85. The second-order valence-corrected chi connectivity index (χ2v) is 6.57. The fourth-order valence-electron chi connectivity index (χ4n) is 2.38. The van der Waals surface area contributed by atoms with Crippen molar-refractivity contribution in [2.75, 3.05) is 0 Å². The summed E-state index contributed by atoms with van der Waals surface area (Å²) < 4.78 is 6.11. The Morgan fingerprint density at radius 3 is 1.39 bits per heavy atom. The molecule has 23 heavy (non-hydrogen) atoms. The van der Waals surface area contributed by atoms with Crippen LogP contribution in [0.25, 0.3) is 0 Å². The molecule has 0 saturated heterocycles. The van der Waals surface area contributed by atoms with Crippen LogP contribution in [-0.4, -0.2) is 0 Å². The average Bonchev–Trinajstić information content (AvgIpc) is 2.55. The highest BCUT2D eigenvalue weighted by Crippen LogP contribution is 2.38. The first-order valence-corrected chi connectivity index (χ1v) is 7.51. The minimum atomic E-state index is -0.656. The van der Waals surface area contributed by atoms with E-state index in [1.165, 1.54) is 0 Å². The van der Waals surface area contributed by atoms with E-state index in [2.05, 4.69) is 12.1 Å². The molecule has 2 aromatic carbocycles. The summed E-state index contributed by atoms with van der Waals surface area (Å²) in [6, 6.07) is 19.7. The molecular formula is C20H20N2O. The minimum absolute atomic E-state index is 0.639. The molecular weight excluding hydrogens is 284 g/mol. The lowest BCUT2D eigenvalue weighted by Crippen LogP contribution is -2.17. The Bertz CT molecular complexity index is 724. The molecule has 0 amide bonds. The summed E-state index contributed by atoms with van der Waals surface area (Å²) >= 11 is 0.